The summed E-state index contributed by atoms with van der Waals surface area (Å²) in [4.78, 5) is 6.46. The van der Waals surface area contributed by atoms with Crippen LogP contribution in [0.25, 0.3) is 0 Å². The Morgan fingerprint density at radius 2 is 2.31 bits per heavy atom. The number of nitrogens with two attached hydrogens (primary N) is 1. The van der Waals surface area contributed by atoms with E-state index < -0.39 is 0 Å². The molecule has 0 spiro atoms. The van der Waals surface area contributed by atoms with Gasteiger partial charge < -0.3 is 5.73 Å². The van der Waals surface area contributed by atoms with Crippen LogP contribution in [0.4, 0.5) is 0 Å². The van der Waals surface area contributed by atoms with Gasteiger partial charge >= 0.3 is 0 Å². The molecular formula is C9H17N3S. The van der Waals surface area contributed by atoms with Gasteiger partial charge in [-0.05, 0) is 20.9 Å². The molecule has 1 heterocycles. The fourth-order valence-corrected chi connectivity index (χ4v) is 1.48. The summed E-state index contributed by atoms with van der Waals surface area (Å²) in [5.74, 6) is 0. The van der Waals surface area contributed by atoms with E-state index in [-0.39, 0.29) is 5.54 Å². The van der Waals surface area contributed by atoms with E-state index in [4.69, 9.17) is 5.73 Å². The van der Waals surface area contributed by atoms with E-state index in [1.54, 1.807) is 11.3 Å². The zero-order valence-electron chi connectivity index (χ0n) is 8.45. The molecule has 0 bridgehead atoms. The Morgan fingerprint density at radius 3 is 2.77 bits per heavy atom. The highest BCUT2D eigenvalue weighted by Gasteiger charge is 2.21. The maximum Gasteiger partial charge on any atom is 0.0795 e. The molecule has 2 N–H and O–H groups in total. The van der Waals surface area contributed by atoms with Gasteiger partial charge in [0.2, 0.25) is 0 Å². The summed E-state index contributed by atoms with van der Waals surface area (Å²) in [5.41, 5.74) is 8.70. The molecule has 13 heavy (non-hydrogen) atoms. The van der Waals surface area contributed by atoms with Crippen molar-refractivity contribution in [2.45, 2.75) is 25.9 Å². The van der Waals surface area contributed by atoms with Gasteiger partial charge in [0.1, 0.15) is 0 Å². The van der Waals surface area contributed by atoms with E-state index in [2.05, 4.69) is 36.2 Å². The minimum Gasteiger partial charge on any atom is -0.329 e. The van der Waals surface area contributed by atoms with Gasteiger partial charge in [-0.1, -0.05) is 0 Å². The van der Waals surface area contributed by atoms with Gasteiger partial charge in [-0.15, -0.1) is 11.3 Å². The molecule has 0 fully saturated rings. The lowest BCUT2D eigenvalue weighted by Gasteiger charge is -2.33. The second kappa shape index (κ2) is 4.17. The van der Waals surface area contributed by atoms with Crippen molar-refractivity contribution in [3.8, 4) is 0 Å². The van der Waals surface area contributed by atoms with Crippen LogP contribution < -0.4 is 5.73 Å². The monoisotopic (exact) mass is 199 g/mol. The molecule has 0 aliphatic heterocycles. The van der Waals surface area contributed by atoms with Crippen LogP contribution in [-0.4, -0.2) is 29.0 Å². The van der Waals surface area contributed by atoms with Crippen LogP contribution >= 0.6 is 11.3 Å². The number of hydrogen-bond donors (Lipinski definition) is 1. The maximum atomic E-state index is 5.68. The van der Waals surface area contributed by atoms with Crippen molar-refractivity contribution < 1.29 is 0 Å². The van der Waals surface area contributed by atoms with Gasteiger partial charge in [0.25, 0.3) is 0 Å². The van der Waals surface area contributed by atoms with Gasteiger partial charge in [0, 0.05) is 24.0 Å². The Kier molecular flexibility index (Phi) is 3.41. The molecule has 3 nitrogen and oxygen atoms in total. The predicted molar refractivity (Wildman–Crippen MR) is 56.7 cm³/mol. The van der Waals surface area contributed by atoms with E-state index in [1.807, 2.05) is 5.51 Å². The molecule has 0 unspecified atom stereocenters. The zero-order valence-corrected chi connectivity index (χ0v) is 9.27. The zero-order chi connectivity index (χ0) is 9.90. The minimum atomic E-state index is 0.0453. The number of thiazole rings is 1. The van der Waals surface area contributed by atoms with Crippen LogP contribution in [0.2, 0.25) is 0 Å². The summed E-state index contributed by atoms with van der Waals surface area (Å²) in [5, 5.41) is 2.07. The highest BCUT2D eigenvalue weighted by Crippen LogP contribution is 2.14. The molecule has 0 saturated heterocycles. The molecule has 1 aromatic heterocycles. The first-order valence-electron chi connectivity index (χ1n) is 4.34. The van der Waals surface area contributed by atoms with Crippen LogP contribution in [0.1, 0.15) is 19.5 Å². The Labute approximate surface area is 83.6 Å². The average Bonchev–Trinajstić information content (AvgIpc) is 2.57. The smallest absolute Gasteiger partial charge is 0.0795 e. The number of rotatable bonds is 4. The molecule has 0 amide bonds. The molecule has 0 aliphatic rings. The molecule has 1 rings (SSSR count). The number of nitrogens with zero attached hydrogens (tertiary/aromatic N) is 2. The molecule has 4 heteroatoms. The first kappa shape index (κ1) is 10.6. The second-order valence-corrected chi connectivity index (χ2v) is 4.57. The maximum absolute atomic E-state index is 5.68. The molecule has 0 atom stereocenters. The van der Waals surface area contributed by atoms with E-state index >= 15 is 0 Å². The lowest BCUT2D eigenvalue weighted by atomic mass is 10.0. The molecule has 0 radical (unpaired) electrons. The standard InChI is InChI=1S/C9H17N3S/c1-9(2,6-10)12(3)4-8-5-13-7-11-8/h5,7H,4,6,10H2,1-3H3. The first-order chi connectivity index (χ1) is 6.06. The van der Waals surface area contributed by atoms with E-state index in [1.165, 1.54) is 0 Å². The highest BCUT2D eigenvalue weighted by atomic mass is 32.1. The molecule has 0 aromatic carbocycles. The first-order valence-corrected chi connectivity index (χ1v) is 5.29. The van der Waals surface area contributed by atoms with Gasteiger partial charge in [0.05, 0.1) is 11.2 Å². The van der Waals surface area contributed by atoms with Crippen LogP contribution in [-0.2, 0) is 6.54 Å². The van der Waals surface area contributed by atoms with E-state index in [9.17, 15) is 0 Å². The Balaban J connectivity index is 2.55. The second-order valence-electron chi connectivity index (χ2n) is 3.85. The van der Waals surface area contributed by atoms with Gasteiger partial charge in [-0.3, -0.25) is 4.90 Å². The van der Waals surface area contributed by atoms with Crippen molar-refractivity contribution in [3.63, 3.8) is 0 Å². The predicted octanol–water partition coefficient (Wildman–Crippen LogP) is 1.31. The minimum absolute atomic E-state index is 0.0453. The SMILES string of the molecule is CN(Cc1cscn1)C(C)(C)CN. The molecule has 0 aliphatic carbocycles. The molecule has 74 valence electrons. The summed E-state index contributed by atoms with van der Waals surface area (Å²) < 4.78 is 0. The lowest BCUT2D eigenvalue weighted by Crippen LogP contribution is -2.46. The van der Waals surface area contributed by atoms with Gasteiger partial charge in [-0.2, -0.15) is 0 Å². The largest absolute Gasteiger partial charge is 0.329 e. The number of hydrogen-bond acceptors (Lipinski definition) is 4. The van der Waals surface area contributed by atoms with Crippen molar-refractivity contribution in [2.24, 2.45) is 5.73 Å². The number of likely N-dealkylation sites (N-methyl/N-ethyl adjacent to an activating group) is 1. The third kappa shape index (κ3) is 2.76. The third-order valence-electron chi connectivity index (χ3n) is 2.42. The molecular weight excluding hydrogens is 182 g/mol. The van der Waals surface area contributed by atoms with Crippen molar-refractivity contribution in [1.82, 2.24) is 9.88 Å². The van der Waals surface area contributed by atoms with Crippen molar-refractivity contribution in [3.05, 3.63) is 16.6 Å². The Morgan fingerprint density at radius 1 is 1.62 bits per heavy atom. The quantitative estimate of drug-likeness (QED) is 0.795. The van der Waals surface area contributed by atoms with E-state index in [0.717, 1.165) is 12.2 Å². The van der Waals surface area contributed by atoms with Crippen LogP contribution in [0.5, 0.6) is 0 Å². The lowest BCUT2D eigenvalue weighted by molar-refractivity contribution is 0.154. The number of aromatic nitrogens is 1. The van der Waals surface area contributed by atoms with Crippen molar-refractivity contribution in [2.75, 3.05) is 13.6 Å². The van der Waals surface area contributed by atoms with Crippen LogP contribution in [0.15, 0.2) is 10.9 Å². The van der Waals surface area contributed by atoms with E-state index in [0.29, 0.717) is 6.54 Å². The molecule has 1 aromatic rings. The Hall–Kier alpha value is -0.450. The fraction of sp³-hybridized carbons (Fsp3) is 0.667. The van der Waals surface area contributed by atoms with Crippen molar-refractivity contribution in [1.29, 1.82) is 0 Å². The third-order valence-corrected chi connectivity index (χ3v) is 3.05. The average molecular weight is 199 g/mol. The summed E-state index contributed by atoms with van der Waals surface area (Å²) in [7, 11) is 2.08. The summed E-state index contributed by atoms with van der Waals surface area (Å²) in [6, 6.07) is 0. The summed E-state index contributed by atoms with van der Waals surface area (Å²) >= 11 is 1.63. The van der Waals surface area contributed by atoms with Gasteiger partial charge in [-0.25, -0.2) is 4.98 Å². The Bertz CT molecular complexity index is 243. The van der Waals surface area contributed by atoms with Crippen molar-refractivity contribution >= 4 is 11.3 Å². The fourth-order valence-electron chi connectivity index (χ4n) is 0.928. The van der Waals surface area contributed by atoms with Crippen LogP contribution in [0, 0.1) is 0 Å². The normalized spacial score (nSPS) is 12.4. The summed E-state index contributed by atoms with van der Waals surface area (Å²) in [6.07, 6.45) is 0. The van der Waals surface area contributed by atoms with Gasteiger partial charge in [0.15, 0.2) is 0 Å². The highest BCUT2D eigenvalue weighted by molar-refractivity contribution is 7.07. The summed E-state index contributed by atoms with van der Waals surface area (Å²) in [6.45, 7) is 5.81. The topological polar surface area (TPSA) is 42.2 Å². The molecule has 0 saturated carbocycles. The van der Waals surface area contributed by atoms with Crippen LogP contribution in [0.3, 0.4) is 0 Å².